The Hall–Kier alpha value is -0.870. The highest BCUT2D eigenvalue weighted by Crippen LogP contribution is 2.19. The summed E-state index contributed by atoms with van der Waals surface area (Å²) in [4.78, 5) is 0. The quantitative estimate of drug-likeness (QED) is 0.717. The molecule has 0 amide bonds. The van der Waals surface area contributed by atoms with Gasteiger partial charge >= 0.3 is 0 Å². The fraction of sp³-hybridized carbons (Fsp3) is 0.667. The summed E-state index contributed by atoms with van der Waals surface area (Å²) in [6, 6.07) is -0.305. The molecule has 0 bridgehead atoms. The number of aliphatic hydroxyl groups excluding tert-OH is 1. The Morgan fingerprint density at radius 3 is 2.54 bits per heavy atom. The Kier molecular flexibility index (Phi) is 3.06. The molecule has 0 saturated carbocycles. The molecule has 0 aliphatic rings. The monoisotopic (exact) mass is 183 g/mol. The van der Waals surface area contributed by atoms with Crippen LogP contribution < -0.4 is 5.73 Å². The van der Waals surface area contributed by atoms with Crippen LogP contribution in [0.1, 0.15) is 29.9 Å². The van der Waals surface area contributed by atoms with E-state index >= 15 is 0 Å². The van der Waals surface area contributed by atoms with Crippen molar-refractivity contribution >= 4 is 0 Å². The summed E-state index contributed by atoms with van der Waals surface area (Å²) in [6.07, 6.45) is 0. The van der Waals surface area contributed by atoms with Gasteiger partial charge < -0.3 is 10.8 Å². The van der Waals surface area contributed by atoms with Gasteiger partial charge in [0.1, 0.15) is 0 Å². The minimum absolute atomic E-state index is 0.0307. The van der Waals surface area contributed by atoms with Crippen LogP contribution in [0.15, 0.2) is 0 Å². The van der Waals surface area contributed by atoms with Gasteiger partial charge in [0, 0.05) is 17.8 Å². The van der Waals surface area contributed by atoms with Crippen LogP contribution in [0, 0.1) is 13.8 Å². The van der Waals surface area contributed by atoms with Gasteiger partial charge in [-0.25, -0.2) is 0 Å². The van der Waals surface area contributed by atoms with E-state index in [1.165, 1.54) is 0 Å². The van der Waals surface area contributed by atoms with Gasteiger partial charge in [0.25, 0.3) is 0 Å². The normalized spacial score (nSPS) is 13.3. The van der Waals surface area contributed by atoms with Crippen LogP contribution in [0.2, 0.25) is 0 Å². The number of rotatable bonds is 3. The van der Waals surface area contributed by atoms with Gasteiger partial charge in [-0.1, -0.05) is 0 Å². The van der Waals surface area contributed by atoms with Gasteiger partial charge in [-0.05, 0) is 20.8 Å². The lowest BCUT2D eigenvalue weighted by Crippen LogP contribution is -2.16. The van der Waals surface area contributed by atoms with Crippen molar-refractivity contribution in [3.8, 4) is 0 Å². The standard InChI is InChI=1S/C9H17N3O/c1-4-12-7(3)9(6(2)11-12)8(10)5-13/h8,13H,4-5,10H2,1-3H3. The summed E-state index contributed by atoms with van der Waals surface area (Å²) in [6.45, 7) is 6.74. The maximum atomic E-state index is 8.96. The second kappa shape index (κ2) is 3.89. The Balaban J connectivity index is 3.12. The van der Waals surface area contributed by atoms with Gasteiger partial charge in [-0.15, -0.1) is 0 Å². The minimum Gasteiger partial charge on any atom is -0.394 e. The number of hydrogen-bond donors (Lipinski definition) is 2. The van der Waals surface area contributed by atoms with Crippen molar-refractivity contribution in [1.82, 2.24) is 9.78 Å². The van der Waals surface area contributed by atoms with Crippen LogP contribution in [-0.2, 0) is 6.54 Å². The third kappa shape index (κ3) is 1.73. The number of nitrogens with zero attached hydrogens (tertiary/aromatic N) is 2. The first-order valence-corrected chi connectivity index (χ1v) is 4.52. The van der Waals surface area contributed by atoms with E-state index in [0.717, 1.165) is 23.5 Å². The fourth-order valence-electron chi connectivity index (χ4n) is 1.65. The SMILES string of the molecule is CCn1nc(C)c(C(N)CO)c1C. The van der Waals surface area contributed by atoms with E-state index < -0.39 is 0 Å². The van der Waals surface area contributed by atoms with E-state index in [4.69, 9.17) is 10.8 Å². The van der Waals surface area contributed by atoms with Crippen molar-refractivity contribution in [2.45, 2.75) is 33.4 Å². The lowest BCUT2D eigenvalue weighted by molar-refractivity contribution is 0.267. The van der Waals surface area contributed by atoms with Crippen LogP contribution in [0.25, 0.3) is 0 Å². The molecular weight excluding hydrogens is 166 g/mol. The summed E-state index contributed by atoms with van der Waals surface area (Å²) < 4.78 is 1.90. The number of aryl methyl sites for hydroxylation is 2. The van der Waals surface area contributed by atoms with Gasteiger partial charge in [0.05, 0.1) is 18.3 Å². The van der Waals surface area contributed by atoms with Crippen LogP contribution in [0.5, 0.6) is 0 Å². The Morgan fingerprint density at radius 2 is 2.15 bits per heavy atom. The van der Waals surface area contributed by atoms with Gasteiger partial charge in [-0.2, -0.15) is 5.10 Å². The maximum Gasteiger partial charge on any atom is 0.0645 e. The van der Waals surface area contributed by atoms with Crippen molar-refractivity contribution < 1.29 is 5.11 Å². The largest absolute Gasteiger partial charge is 0.394 e. The second-order valence-electron chi connectivity index (χ2n) is 3.19. The molecule has 1 heterocycles. The Bertz CT molecular complexity index is 293. The Labute approximate surface area is 78.4 Å². The first-order valence-electron chi connectivity index (χ1n) is 4.52. The summed E-state index contributed by atoms with van der Waals surface area (Å²) in [5.74, 6) is 0. The molecule has 1 unspecified atom stereocenters. The van der Waals surface area contributed by atoms with Gasteiger partial charge in [0.2, 0.25) is 0 Å². The first-order chi connectivity index (χ1) is 6.11. The Morgan fingerprint density at radius 1 is 1.54 bits per heavy atom. The van der Waals surface area contributed by atoms with E-state index in [1.807, 2.05) is 25.5 Å². The highest BCUT2D eigenvalue weighted by Gasteiger charge is 2.16. The zero-order chi connectivity index (χ0) is 10.0. The second-order valence-corrected chi connectivity index (χ2v) is 3.19. The van der Waals surface area contributed by atoms with Crippen molar-refractivity contribution in [2.24, 2.45) is 5.73 Å². The molecule has 4 heteroatoms. The highest BCUT2D eigenvalue weighted by molar-refractivity contribution is 5.27. The lowest BCUT2D eigenvalue weighted by Gasteiger charge is -2.08. The number of aliphatic hydroxyl groups is 1. The van der Waals surface area contributed by atoms with Crippen LogP contribution in [-0.4, -0.2) is 21.5 Å². The molecule has 1 atom stereocenters. The molecule has 1 aromatic heterocycles. The van der Waals surface area contributed by atoms with Crippen molar-refractivity contribution in [1.29, 1.82) is 0 Å². The maximum absolute atomic E-state index is 8.96. The molecule has 0 aliphatic heterocycles. The lowest BCUT2D eigenvalue weighted by atomic mass is 10.1. The third-order valence-corrected chi connectivity index (χ3v) is 2.30. The molecule has 1 rings (SSSR count). The van der Waals surface area contributed by atoms with E-state index in [1.54, 1.807) is 0 Å². The number of aromatic nitrogens is 2. The van der Waals surface area contributed by atoms with E-state index in [9.17, 15) is 0 Å². The van der Waals surface area contributed by atoms with Crippen LogP contribution >= 0.6 is 0 Å². The van der Waals surface area contributed by atoms with Gasteiger partial charge in [0.15, 0.2) is 0 Å². The third-order valence-electron chi connectivity index (χ3n) is 2.30. The first kappa shape index (κ1) is 10.2. The van der Waals surface area contributed by atoms with Crippen molar-refractivity contribution in [3.05, 3.63) is 17.0 Å². The van der Waals surface area contributed by atoms with Gasteiger partial charge in [-0.3, -0.25) is 4.68 Å². The molecule has 1 aromatic rings. The van der Waals surface area contributed by atoms with Crippen LogP contribution in [0.4, 0.5) is 0 Å². The summed E-state index contributed by atoms with van der Waals surface area (Å²) in [7, 11) is 0. The summed E-state index contributed by atoms with van der Waals surface area (Å²) in [5.41, 5.74) is 8.71. The molecule has 3 N–H and O–H groups in total. The predicted octanol–water partition coefficient (Wildman–Crippen LogP) is 0.512. The molecular formula is C9H17N3O. The molecule has 0 aromatic carbocycles. The van der Waals surface area contributed by atoms with Crippen LogP contribution in [0.3, 0.4) is 0 Å². The van der Waals surface area contributed by atoms with E-state index in [-0.39, 0.29) is 12.6 Å². The molecule has 0 saturated heterocycles. The predicted molar refractivity (Wildman–Crippen MR) is 51.4 cm³/mol. The molecule has 4 nitrogen and oxygen atoms in total. The number of nitrogens with two attached hydrogens (primary N) is 1. The molecule has 0 aliphatic carbocycles. The average molecular weight is 183 g/mol. The highest BCUT2D eigenvalue weighted by atomic mass is 16.3. The molecule has 0 spiro atoms. The summed E-state index contributed by atoms with van der Waals surface area (Å²) in [5, 5.41) is 13.3. The van der Waals surface area contributed by atoms with E-state index in [2.05, 4.69) is 5.10 Å². The zero-order valence-electron chi connectivity index (χ0n) is 8.41. The smallest absolute Gasteiger partial charge is 0.0645 e. The van der Waals surface area contributed by atoms with Crippen molar-refractivity contribution in [2.75, 3.05) is 6.61 Å². The number of hydrogen-bond acceptors (Lipinski definition) is 3. The minimum atomic E-state index is -0.305. The fourth-order valence-corrected chi connectivity index (χ4v) is 1.65. The molecule has 0 radical (unpaired) electrons. The topological polar surface area (TPSA) is 64.1 Å². The zero-order valence-corrected chi connectivity index (χ0v) is 8.41. The summed E-state index contributed by atoms with van der Waals surface area (Å²) >= 11 is 0. The molecule has 13 heavy (non-hydrogen) atoms. The van der Waals surface area contributed by atoms with E-state index in [0.29, 0.717) is 0 Å². The molecule has 0 fully saturated rings. The molecule has 74 valence electrons. The van der Waals surface area contributed by atoms with Crippen molar-refractivity contribution in [3.63, 3.8) is 0 Å². The average Bonchev–Trinajstić information content (AvgIpc) is 2.40.